The first kappa shape index (κ1) is 9.93. The minimum absolute atomic E-state index is 0.796. The molecule has 4 heteroatoms. The Morgan fingerprint density at radius 3 is 3.21 bits per heavy atom. The summed E-state index contributed by atoms with van der Waals surface area (Å²) in [7, 11) is 2.02. The Kier molecular flexibility index (Phi) is 3.03. The summed E-state index contributed by atoms with van der Waals surface area (Å²) in [6.07, 6.45) is 3.25. The fraction of sp³-hybridized carbons (Fsp3) is 0.700. The molecule has 1 fully saturated rings. The fourth-order valence-electron chi connectivity index (χ4n) is 1.95. The second kappa shape index (κ2) is 4.28. The van der Waals surface area contributed by atoms with Crippen LogP contribution in [0.4, 0.5) is 5.13 Å². The monoisotopic (exact) mass is 211 g/mol. The van der Waals surface area contributed by atoms with Gasteiger partial charge in [0, 0.05) is 24.2 Å². The molecule has 1 saturated heterocycles. The Bertz CT molecular complexity index is 297. The highest BCUT2D eigenvalue weighted by atomic mass is 32.1. The van der Waals surface area contributed by atoms with Gasteiger partial charge in [0.05, 0.1) is 0 Å². The van der Waals surface area contributed by atoms with E-state index < -0.39 is 0 Å². The molecule has 1 atom stereocenters. The Morgan fingerprint density at radius 1 is 1.71 bits per heavy atom. The summed E-state index contributed by atoms with van der Waals surface area (Å²) in [5.41, 5.74) is 0. The van der Waals surface area contributed by atoms with Gasteiger partial charge in [-0.05, 0) is 32.9 Å². The number of aryl methyl sites for hydroxylation is 1. The summed E-state index contributed by atoms with van der Waals surface area (Å²) >= 11 is 1.80. The van der Waals surface area contributed by atoms with Gasteiger partial charge < -0.3 is 10.2 Å². The number of anilines is 1. The lowest BCUT2D eigenvalue weighted by Gasteiger charge is -2.14. The minimum Gasteiger partial charge on any atom is -0.348 e. The molecule has 2 rings (SSSR count). The molecule has 1 aromatic rings. The van der Waals surface area contributed by atoms with Gasteiger partial charge in [-0.1, -0.05) is 0 Å². The third kappa shape index (κ3) is 2.07. The molecule has 2 heterocycles. The van der Waals surface area contributed by atoms with Crippen molar-refractivity contribution in [3.63, 3.8) is 0 Å². The van der Waals surface area contributed by atoms with E-state index in [1.54, 1.807) is 11.3 Å². The zero-order valence-corrected chi connectivity index (χ0v) is 9.60. The van der Waals surface area contributed by atoms with E-state index in [9.17, 15) is 0 Å². The molecule has 78 valence electrons. The van der Waals surface area contributed by atoms with Crippen LogP contribution < -0.4 is 10.2 Å². The molecule has 14 heavy (non-hydrogen) atoms. The van der Waals surface area contributed by atoms with Crippen LogP contribution in [0.3, 0.4) is 0 Å². The summed E-state index contributed by atoms with van der Waals surface area (Å²) in [5.74, 6) is 0.796. The van der Waals surface area contributed by atoms with Crippen LogP contribution in [0.15, 0.2) is 6.20 Å². The molecule has 0 aliphatic carbocycles. The number of thiazole rings is 1. The standard InChI is InChI=1S/C10H17N3S/c1-8-5-12-10(14-8)13-4-3-9(7-13)6-11-2/h5,9,11H,3-4,6-7H2,1-2H3. The predicted molar refractivity (Wildman–Crippen MR) is 61.1 cm³/mol. The molecule has 1 unspecified atom stereocenters. The van der Waals surface area contributed by atoms with E-state index in [1.165, 1.54) is 23.0 Å². The van der Waals surface area contributed by atoms with Crippen molar-refractivity contribution in [1.29, 1.82) is 0 Å². The van der Waals surface area contributed by atoms with Gasteiger partial charge >= 0.3 is 0 Å². The second-order valence-electron chi connectivity index (χ2n) is 3.91. The Morgan fingerprint density at radius 2 is 2.57 bits per heavy atom. The van der Waals surface area contributed by atoms with E-state index in [4.69, 9.17) is 0 Å². The third-order valence-corrected chi connectivity index (χ3v) is 3.63. The van der Waals surface area contributed by atoms with Crippen molar-refractivity contribution < 1.29 is 0 Å². The molecule has 0 amide bonds. The van der Waals surface area contributed by atoms with Crippen molar-refractivity contribution in [2.45, 2.75) is 13.3 Å². The van der Waals surface area contributed by atoms with Gasteiger partial charge in [0.15, 0.2) is 5.13 Å². The van der Waals surface area contributed by atoms with Crippen LogP contribution in [-0.4, -0.2) is 31.7 Å². The summed E-state index contributed by atoms with van der Waals surface area (Å²) in [6, 6.07) is 0. The number of aromatic nitrogens is 1. The molecule has 3 nitrogen and oxygen atoms in total. The largest absolute Gasteiger partial charge is 0.348 e. The van der Waals surface area contributed by atoms with E-state index in [0.717, 1.165) is 19.0 Å². The molecule has 1 aliphatic heterocycles. The van der Waals surface area contributed by atoms with Crippen LogP contribution in [0.25, 0.3) is 0 Å². The van der Waals surface area contributed by atoms with Crippen LogP contribution in [0.1, 0.15) is 11.3 Å². The second-order valence-corrected chi connectivity index (χ2v) is 5.13. The normalized spacial score (nSPS) is 21.9. The van der Waals surface area contributed by atoms with Gasteiger partial charge in [0.2, 0.25) is 0 Å². The molecular weight excluding hydrogens is 194 g/mol. The van der Waals surface area contributed by atoms with E-state index in [0.29, 0.717) is 0 Å². The van der Waals surface area contributed by atoms with Crippen molar-refractivity contribution in [3.8, 4) is 0 Å². The summed E-state index contributed by atoms with van der Waals surface area (Å²) in [6.45, 7) is 5.57. The summed E-state index contributed by atoms with van der Waals surface area (Å²) in [5, 5.41) is 4.44. The Labute approximate surface area is 89.1 Å². The first-order valence-electron chi connectivity index (χ1n) is 5.11. The van der Waals surface area contributed by atoms with Crippen molar-refractivity contribution in [2.75, 3.05) is 31.6 Å². The molecule has 0 radical (unpaired) electrons. The van der Waals surface area contributed by atoms with E-state index in [2.05, 4.69) is 22.1 Å². The molecule has 0 saturated carbocycles. The maximum Gasteiger partial charge on any atom is 0.185 e. The highest BCUT2D eigenvalue weighted by molar-refractivity contribution is 7.15. The van der Waals surface area contributed by atoms with E-state index in [1.807, 2.05) is 13.2 Å². The van der Waals surface area contributed by atoms with Crippen LogP contribution in [0.2, 0.25) is 0 Å². The number of nitrogens with zero attached hydrogens (tertiary/aromatic N) is 2. The van der Waals surface area contributed by atoms with Crippen molar-refractivity contribution in [3.05, 3.63) is 11.1 Å². The quantitative estimate of drug-likeness (QED) is 0.821. The molecule has 1 aliphatic rings. The van der Waals surface area contributed by atoms with Crippen molar-refractivity contribution in [2.24, 2.45) is 5.92 Å². The number of hydrogen-bond acceptors (Lipinski definition) is 4. The van der Waals surface area contributed by atoms with Gasteiger partial charge in [-0.2, -0.15) is 0 Å². The molecule has 0 bridgehead atoms. The Balaban J connectivity index is 1.95. The molecular formula is C10H17N3S. The third-order valence-electron chi connectivity index (χ3n) is 2.66. The van der Waals surface area contributed by atoms with Gasteiger partial charge in [-0.3, -0.25) is 0 Å². The van der Waals surface area contributed by atoms with Gasteiger partial charge in [-0.15, -0.1) is 11.3 Å². The maximum absolute atomic E-state index is 4.42. The van der Waals surface area contributed by atoms with Gasteiger partial charge in [0.1, 0.15) is 0 Å². The lowest BCUT2D eigenvalue weighted by atomic mass is 10.1. The van der Waals surface area contributed by atoms with Crippen molar-refractivity contribution >= 4 is 16.5 Å². The lowest BCUT2D eigenvalue weighted by molar-refractivity contribution is 0.549. The smallest absolute Gasteiger partial charge is 0.185 e. The molecule has 1 N–H and O–H groups in total. The fourth-order valence-corrected chi connectivity index (χ4v) is 2.74. The first-order chi connectivity index (χ1) is 6.79. The van der Waals surface area contributed by atoms with Crippen LogP contribution >= 0.6 is 11.3 Å². The van der Waals surface area contributed by atoms with Crippen molar-refractivity contribution in [1.82, 2.24) is 10.3 Å². The number of rotatable bonds is 3. The zero-order valence-electron chi connectivity index (χ0n) is 8.79. The van der Waals surface area contributed by atoms with Crippen LogP contribution in [0, 0.1) is 12.8 Å². The highest BCUT2D eigenvalue weighted by Crippen LogP contribution is 2.27. The first-order valence-corrected chi connectivity index (χ1v) is 5.93. The topological polar surface area (TPSA) is 28.2 Å². The Hall–Kier alpha value is -0.610. The maximum atomic E-state index is 4.42. The van der Waals surface area contributed by atoms with Crippen LogP contribution in [0.5, 0.6) is 0 Å². The van der Waals surface area contributed by atoms with Gasteiger partial charge in [-0.25, -0.2) is 4.98 Å². The molecule has 0 spiro atoms. The minimum atomic E-state index is 0.796. The SMILES string of the molecule is CNCC1CCN(c2ncc(C)s2)C1. The van der Waals surface area contributed by atoms with E-state index in [-0.39, 0.29) is 0 Å². The highest BCUT2D eigenvalue weighted by Gasteiger charge is 2.23. The zero-order chi connectivity index (χ0) is 9.97. The summed E-state index contributed by atoms with van der Waals surface area (Å²) < 4.78 is 0. The number of nitrogens with one attached hydrogen (secondary N) is 1. The van der Waals surface area contributed by atoms with E-state index >= 15 is 0 Å². The summed E-state index contributed by atoms with van der Waals surface area (Å²) in [4.78, 5) is 8.12. The van der Waals surface area contributed by atoms with Crippen LogP contribution in [-0.2, 0) is 0 Å². The lowest BCUT2D eigenvalue weighted by Crippen LogP contribution is -2.24. The average molecular weight is 211 g/mol. The molecule has 0 aromatic carbocycles. The number of hydrogen-bond donors (Lipinski definition) is 1. The van der Waals surface area contributed by atoms with Gasteiger partial charge in [0.25, 0.3) is 0 Å². The average Bonchev–Trinajstić information content (AvgIpc) is 2.74. The predicted octanol–water partition coefficient (Wildman–Crippen LogP) is 1.50. The molecule has 1 aromatic heterocycles.